The molecule has 31 heavy (non-hydrogen) atoms. The lowest BCUT2D eigenvalue weighted by Crippen LogP contribution is -2.38. The van der Waals surface area contributed by atoms with Crippen LogP contribution in [0.5, 0.6) is 5.75 Å². The highest BCUT2D eigenvalue weighted by Gasteiger charge is 2.26. The summed E-state index contributed by atoms with van der Waals surface area (Å²) in [6.07, 6.45) is 1.78. The minimum atomic E-state index is -0.402. The van der Waals surface area contributed by atoms with Gasteiger partial charge >= 0.3 is 0 Å². The maximum Gasteiger partial charge on any atom is 0.261 e. The number of methoxy groups -OCH3 is 1. The van der Waals surface area contributed by atoms with Crippen LogP contribution in [-0.2, 0) is 6.54 Å². The van der Waals surface area contributed by atoms with E-state index in [1.807, 2.05) is 13.8 Å². The van der Waals surface area contributed by atoms with Crippen molar-refractivity contribution < 1.29 is 9.53 Å². The molecule has 1 aromatic heterocycles. The zero-order chi connectivity index (χ0) is 22.5. The van der Waals surface area contributed by atoms with Crippen molar-refractivity contribution in [1.29, 1.82) is 0 Å². The fourth-order valence-electron chi connectivity index (χ4n) is 3.70. The third-order valence-corrected chi connectivity index (χ3v) is 5.67. The van der Waals surface area contributed by atoms with Crippen molar-refractivity contribution in [3.05, 3.63) is 69.2 Å². The third-order valence-electron chi connectivity index (χ3n) is 5.43. The number of ether oxygens (including phenoxy) is 1. The lowest BCUT2D eigenvalue weighted by Gasteiger charge is -2.30. The van der Waals surface area contributed by atoms with E-state index in [1.165, 1.54) is 0 Å². The molecule has 0 radical (unpaired) electrons. The van der Waals surface area contributed by atoms with Crippen molar-refractivity contribution in [2.75, 3.05) is 13.7 Å². The van der Waals surface area contributed by atoms with Crippen LogP contribution in [0, 0.1) is 0 Å². The van der Waals surface area contributed by atoms with Crippen LogP contribution in [0.15, 0.2) is 47.3 Å². The Labute approximate surface area is 187 Å². The number of fused-ring (bicyclic) bond motifs is 1. The van der Waals surface area contributed by atoms with Gasteiger partial charge in [-0.3, -0.25) is 14.2 Å². The molecule has 0 saturated heterocycles. The van der Waals surface area contributed by atoms with Gasteiger partial charge < -0.3 is 9.64 Å². The molecule has 0 N–H and O–H groups in total. The smallest absolute Gasteiger partial charge is 0.261 e. The van der Waals surface area contributed by atoms with Gasteiger partial charge in [0.15, 0.2) is 0 Å². The maximum absolute atomic E-state index is 13.5. The van der Waals surface area contributed by atoms with Crippen molar-refractivity contribution >= 4 is 28.4 Å². The number of aromatic nitrogens is 2. The average molecular weight is 442 g/mol. The molecule has 0 aliphatic heterocycles. The predicted molar refractivity (Wildman–Crippen MR) is 124 cm³/mol. The van der Waals surface area contributed by atoms with E-state index in [1.54, 1.807) is 59.0 Å². The Morgan fingerprint density at radius 2 is 2.00 bits per heavy atom. The summed E-state index contributed by atoms with van der Waals surface area (Å²) >= 11 is 6.14. The Kier molecular flexibility index (Phi) is 7.33. The first-order valence-electron chi connectivity index (χ1n) is 10.6. The van der Waals surface area contributed by atoms with Crippen LogP contribution in [0.3, 0.4) is 0 Å². The summed E-state index contributed by atoms with van der Waals surface area (Å²) in [6, 6.07) is 11.8. The Morgan fingerprint density at radius 3 is 2.68 bits per heavy atom. The number of carbonyl (C=O) groups excluding carboxylic acids is 1. The number of nitrogens with zero attached hydrogens (tertiary/aromatic N) is 3. The number of amides is 1. The monoisotopic (exact) mass is 441 g/mol. The fraction of sp³-hybridized carbons (Fsp3) is 0.375. The summed E-state index contributed by atoms with van der Waals surface area (Å²) in [6.45, 7) is 6.91. The van der Waals surface area contributed by atoms with E-state index in [4.69, 9.17) is 21.3 Å². The highest BCUT2D eigenvalue weighted by atomic mass is 35.5. The second-order valence-corrected chi connectivity index (χ2v) is 7.88. The van der Waals surface area contributed by atoms with Gasteiger partial charge in [-0.2, -0.15) is 0 Å². The standard InChI is InChI=1S/C24H28ClN3O3/c1-5-7-13-28(23(29)17-9-8-10-19(14-17)31-4)16(3)22-26-21-15-18(25)11-12-20(21)24(30)27(22)6-2/h8-12,14-16H,5-7,13H2,1-4H3. The summed E-state index contributed by atoms with van der Waals surface area (Å²) in [7, 11) is 1.57. The topological polar surface area (TPSA) is 64.4 Å². The van der Waals surface area contributed by atoms with E-state index in [9.17, 15) is 9.59 Å². The van der Waals surface area contributed by atoms with Gasteiger partial charge in [-0.15, -0.1) is 0 Å². The highest BCUT2D eigenvalue weighted by Crippen LogP contribution is 2.25. The van der Waals surface area contributed by atoms with Crippen molar-refractivity contribution in [3.8, 4) is 5.75 Å². The molecule has 0 aliphatic carbocycles. The van der Waals surface area contributed by atoms with Crippen molar-refractivity contribution in [2.24, 2.45) is 0 Å². The molecule has 1 amide bonds. The highest BCUT2D eigenvalue weighted by molar-refractivity contribution is 6.31. The summed E-state index contributed by atoms with van der Waals surface area (Å²) < 4.78 is 6.92. The largest absolute Gasteiger partial charge is 0.497 e. The number of benzene rings is 2. The number of hydrogen-bond donors (Lipinski definition) is 0. The molecule has 3 rings (SSSR count). The Hall–Kier alpha value is -2.86. The van der Waals surface area contributed by atoms with Crippen molar-refractivity contribution in [1.82, 2.24) is 14.5 Å². The average Bonchev–Trinajstić information content (AvgIpc) is 2.78. The second kappa shape index (κ2) is 9.96. The lowest BCUT2D eigenvalue weighted by atomic mass is 10.1. The summed E-state index contributed by atoms with van der Waals surface area (Å²) in [5.74, 6) is 1.05. The summed E-state index contributed by atoms with van der Waals surface area (Å²) in [5.41, 5.74) is 0.945. The molecule has 1 atom stereocenters. The van der Waals surface area contributed by atoms with Gasteiger partial charge in [0.05, 0.1) is 24.1 Å². The van der Waals surface area contributed by atoms with E-state index in [-0.39, 0.29) is 11.5 Å². The summed E-state index contributed by atoms with van der Waals surface area (Å²) in [4.78, 5) is 33.1. The maximum atomic E-state index is 13.5. The van der Waals surface area contributed by atoms with Gasteiger partial charge in [0.25, 0.3) is 11.5 Å². The van der Waals surface area contributed by atoms with Crippen LogP contribution in [0.25, 0.3) is 10.9 Å². The van der Waals surface area contributed by atoms with Gasteiger partial charge in [0, 0.05) is 23.7 Å². The Balaban J connectivity index is 2.10. The lowest BCUT2D eigenvalue weighted by molar-refractivity contribution is 0.0675. The van der Waals surface area contributed by atoms with Gasteiger partial charge in [-0.1, -0.05) is 31.0 Å². The van der Waals surface area contributed by atoms with Crippen LogP contribution in [-0.4, -0.2) is 34.0 Å². The second-order valence-electron chi connectivity index (χ2n) is 7.44. The molecule has 0 spiro atoms. The first-order chi connectivity index (χ1) is 14.9. The SMILES string of the molecule is CCCCN(C(=O)c1cccc(OC)c1)C(C)c1nc2cc(Cl)ccc2c(=O)n1CC. The van der Waals surface area contributed by atoms with Crippen molar-refractivity contribution in [3.63, 3.8) is 0 Å². The van der Waals surface area contributed by atoms with Crippen LogP contribution < -0.4 is 10.3 Å². The van der Waals surface area contributed by atoms with Crippen LogP contribution in [0.4, 0.5) is 0 Å². The molecule has 1 unspecified atom stereocenters. The van der Waals surface area contributed by atoms with E-state index in [0.29, 0.717) is 46.2 Å². The van der Waals surface area contributed by atoms with Gasteiger partial charge in [-0.25, -0.2) is 4.98 Å². The molecule has 7 heteroatoms. The molecule has 0 saturated carbocycles. The first-order valence-corrected chi connectivity index (χ1v) is 10.9. The van der Waals surface area contributed by atoms with Crippen molar-refractivity contribution in [2.45, 2.75) is 46.2 Å². The van der Waals surface area contributed by atoms with Crippen LogP contribution in [0.1, 0.15) is 55.8 Å². The number of halogens is 1. The Bertz CT molecular complexity index is 1140. The number of carbonyl (C=O) groups is 1. The molecular weight excluding hydrogens is 414 g/mol. The molecular formula is C24H28ClN3O3. The predicted octanol–water partition coefficient (Wildman–Crippen LogP) is 5.08. The molecule has 0 bridgehead atoms. The van der Waals surface area contributed by atoms with E-state index >= 15 is 0 Å². The van der Waals surface area contributed by atoms with Crippen LogP contribution in [0.2, 0.25) is 5.02 Å². The molecule has 6 nitrogen and oxygen atoms in total. The number of rotatable bonds is 8. The quantitative estimate of drug-likeness (QED) is 0.488. The van der Waals surface area contributed by atoms with Crippen LogP contribution >= 0.6 is 11.6 Å². The number of unbranched alkanes of at least 4 members (excludes halogenated alkanes) is 1. The van der Waals surface area contributed by atoms with Gasteiger partial charge in [-0.05, 0) is 56.7 Å². The molecule has 0 aliphatic rings. The minimum Gasteiger partial charge on any atom is -0.497 e. The first kappa shape index (κ1) is 22.8. The fourth-order valence-corrected chi connectivity index (χ4v) is 3.86. The van der Waals surface area contributed by atoms with E-state index in [0.717, 1.165) is 12.8 Å². The normalized spacial score (nSPS) is 12.0. The molecule has 3 aromatic rings. The van der Waals surface area contributed by atoms with Gasteiger partial charge in [0.2, 0.25) is 0 Å². The molecule has 0 fully saturated rings. The zero-order valence-electron chi connectivity index (χ0n) is 18.4. The zero-order valence-corrected chi connectivity index (χ0v) is 19.1. The molecule has 164 valence electrons. The van der Waals surface area contributed by atoms with E-state index < -0.39 is 6.04 Å². The van der Waals surface area contributed by atoms with Gasteiger partial charge in [0.1, 0.15) is 11.6 Å². The third kappa shape index (κ3) is 4.74. The molecule has 1 heterocycles. The summed E-state index contributed by atoms with van der Waals surface area (Å²) in [5, 5.41) is 1.03. The minimum absolute atomic E-state index is 0.122. The number of hydrogen-bond acceptors (Lipinski definition) is 4. The van der Waals surface area contributed by atoms with E-state index in [2.05, 4.69) is 6.92 Å². The molecule has 2 aromatic carbocycles. The Morgan fingerprint density at radius 1 is 1.23 bits per heavy atom.